The van der Waals surface area contributed by atoms with Gasteiger partial charge in [-0.05, 0) is 26.2 Å². The summed E-state index contributed by atoms with van der Waals surface area (Å²) < 4.78 is 0. The monoisotopic (exact) mass is 307 g/mol. The number of carbonyl (C=O) groups is 2. The number of rotatable bonds is 3. The van der Waals surface area contributed by atoms with Crippen molar-refractivity contribution in [3.63, 3.8) is 0 Å². The minimum atomic E-state index is 0.0863. The highest BCUT2D eigenvalue weighted by Gasteiger charge is 2.29. The Kier molecular flexibility index (Phi) is 4.24. The van der Waals surface area contributed by atoms with Crippen LogP contribution in [0.3, 0.4) is 0 Å². The van der Waals surface area contributed by atoms with Crippen molar-refractivity contribution in [2.75, 3.05) is 26.2 Å². The fraction of sp³-hybridized carbons (Fsp3) is 0.667. The van der Waals surface area contributed by atoms with Gasteiger partial charge in [-0.2, -0.15) is 0 Å². The summed E-state index contributed by atoms with van der Waals surface area (Å²) in [5.41, 5.74) is 0. The molecule has 0 spiro atoms. The van der Waals surface area contributed by atoms with Crippen LogP contribution in [0, 0.1) is 6.92 Å². The standard InChI is InChI=1S/C15H21N3O2S/c1-11-8-16-15(21-11)12-4-2-6-17(9-12)14(20)10-18-7-3-5-13(18)19/h8,12H,2-7,9-10H2,1H3/t12-/m1/s1. The minimum Gasteiger partial charge on any atom is -0.340 e. The first kappa shape index (κ1) is 14.5. The van der Waals surface area contributed by atoms with Gasteiger partial charge in [0.25, 0.3) is 0 Å². The van der Waals surface area contributed by atoms with E-state index in [9.17, 15) is 9.59 Å². The van der Waals surface area contributed by atoms with Crippen LogP contribution in [0.5, 0.6) is 0 Å². The average Bonchev–Trinajstić information content (AvgIpc) is 3.08. The summed E-state index contributed by atoms with van der Waals surface area (Å²) in [4.78, 5) is 33.3. The molecule has 0 unspecified atom stereocenters. The van der Waals surface area contributed by atoms with E-state index < -0.39 is 0 Å². The lowest BCUT2D eigenvalue weighted by Gasteiger charge is -2.33. The molecular weight excluding hydrogens is 286 g/mol. The van der Waals surface area contributed by atoms with Crippen LogP contribution < -0.4 is 0 Å². The molecule has 0 saturated carbocycles. The Bertz CT molecular complexity index is 543. The molecule has 2 amide bonds. The van der Waals surface area contributed by atoms with Crippen LogP contribution in [-0.4, -0.2) is 52.8 Å². The summed E-state index contributed by atoms with van der Waals surface area (Å²) in [7, 11) is 0. The minimum absolute atomic E-state index is 0.0863. The number of hydrogen-bond acceptors (Lipinski definition) is 4. The van der Waals surface area contributed by atoms with Gasteiger partial charge in [-0.25, -0.2) is 4.98 Å². The molecule has 0 N–H and O–H groups in total. The first-order valence-electron chi connectivity index (χ1n) is 7.61. The van der Waals surface area contributed by atoms with Crippen molar-refractivity contribution in [3.8, 4) is 0 Å². The molecule has 114 valence electrons. The van der Waals surface area contributed by atoms with Gasteiger partial charge < -0.3 is 9.80 Å². The zero-order chi connectivity index (χ0) is 14.8. The highest BCUT2D eigenvalue weighted by atomic mass is 32.1. The van der Waals surface area contributed by atoms with E-state index in [1.54, 1.807) is 16.2 Å². The average molecular weight is 307 g/mol. The number of nitrogens with zero attached hydrogens (tertiary/aromatic N) is 3. The first-order chi connectivity index (χ1) is 10.1. The van der Waals surface area contributed by atoms with Crippen LogP contribution >= 0.6 is 11.3 Å². The van der Waals surface area contributed by atoms with E-state index in [2.05, 4.69) is 11.9 Å². The van der Waals surface area contributed by atoms with E-state index in [1.165, 1.54) is 4.88 Å². The molecule has 0 aliphatic carbocycles. The second-order valence-corrected chi connectivity index (χ2v) is 7.17. The van der Waals surface area contributed by atoms with E-state index in [0.29, 0.717) is 12.3 Å². The third kappa shape index (κ3) is 3.26. The molecule has 21 heavy (non-hydrogen) atoms. The number of likely N-dealkylation sites (tertiary alicyclic amines) is 2. The fourth-order valence-electron chi connectivity index (χ4n) is 3.10. The van der Waals surface area contributed by atoms with Gasteiger partial charge in [-0.3, -0.25) is 9.59 Å². The third-order valence-corrected chi connectivity index (χ3v) is 5.34. The molecule has 2 aliphatic heterocycles. The molecule has 3 rings (SSSR count). The zero-order valence-electron chi connectivity index (χ0n) is 12.4. The maximum atomic E-state index is 12.4. The summed E-state index contributed by atoms with van der Waals surface area (Å²) in [5.74, 6) is 0.561. The maximum absolute atomic E-state index is 12.4. The van der Waals surface area contributed by atoms with Gasteiger partial charge in [0.1, 0.15) is 0 Å². The van der Waals surface area contributed by atoms with Crippen LogP contribution in [0.4, 0.5) is 0 Å². The summed E-state index contributed by atoms with van der Waals surface area (Å²) >= 11 is 1.73. The molecule has 2 fully saturated rings. The first-order valence-corrected chi connectivity index (χ1v) is 8.43. The molecule has 6 heteroatoms. The van der Waals surface area contributed by atoms with Crippen molar-refractivity contribution in [1.29, 1.82) is 0 Å². The molecular formula is C15H21N3O2S. The van der Waals surface area contributed by atoms with Crippen LogP contribution in [0.25, 0.3) is 0 Å². The highest BCUT2D eigenvalue weighted by Crippen LogP contribution is 2.29. The molecule has 1 aromatic heterocycles. The Morgan fingerprint density at radius 1 is 1.43 bits per heavy atom. The van der Waals surface area contributed by atoms with E-state index in [-0.39, 0.29) is 18.4 Å². The van der Waals surface area contributed by atoms with Crippen LogP contribution in [0.1, 0.15) is 41.5 Å². The number of piperidine rings is 1. The SMILES string of the molecule is Cc1cnc([C@@H]2CCCN(C(=O)CN3CCCC3=O)C2)s1. The van der Waals surface area contributed by atoms with Crippen molar-refractivity contribution in [2.24, 2.45) is 0 Å². The highest BCUT2D eigenvalue weighted by molar-refractivity contribution is 7.11. The van der Waals surface area contributed by atoms with Crippen molar-refractivity contribution in [3.05, 3.63) is 16.1 Å². The fourth-order valence-corrected chi connectivity index (χ4v) is 4.00. The molecule has 5 nitrogen and oxygen atoms in total. The topological polar surface area (TPSA) is 53.5 Å². The number of amides is 2. The number of aromatic nitrogens is 1. The Morgan fingerprint density at radius 3 is 2.95 bits per heavy atom. The maximum Gasteiger partial charge on any atom is 0.242 e. The van der Waals surface area contributed by atoms with E-state index in [1.807, 2.05) is 11.1 Å². The van der Waals surface area contributed by atoms with Crippen LogP contribution in [0.2, 0.25) is 0 Å². The molecule has 0 radical (unpaired) electrons. The summed E-state index contributed by atoms with van der Waals surface area (Å²) in [6.07, 6.45) is 5.49. The molecule has 2 aliphatic rings. The van der Waals surface area contributed by atoms with E-state index >= 15 is 0 Å². The molecule has 1 atom stereocenters. The largest absolute Gasteiger partial charge is 0.340 e. The smallest absolute Gasteiger partial charge is 0.242 e. The van der Waals surface area contributed by atoms with Gasteiger partial charge >= 0.3 is 0 Å². The Morgan fingerprint density at radius 2 is 2.29 bits per heavy atom. The van der Waals surface area contributed by atoms with Gasteiger partial charge in [0, 0.05) is 43.0 Å². The summed E-state index contributed by atoms with van der Waals surface area (Å²) in [6, 6.07) is 0. The van der Waals surface area contributed by atoms with Gasteiger partial charge in [-0.1, -0.05) is 0 Å². The van der Waals surface area contributed by atoms with Crippen LogP contribution in [0.15, 0.2) is 6.20 Å². The van der Waals surface area contributed by atoms with Crippen molar-refractivity contribution >= 4 is 23.2 Å². The molecule has 0 bridgehead atoms. The van der Waals surface area contributed by atoms with Crippen molar-refractivity contribution in [2.45, 2.75) is 38.5 Å². The number of aryl methyl sites for hydroxylation is 1. The molecule has 3 heterocycles. The Labute approximate surface area is 129 Å². The molecule has 2 saturated heterocycles. The van der Waals surface area contributed by atoms with Crippen LogP contribution in [-0.2, 0) is 9.59 Å². The predicted molar refractivity (Wildman–Crippen MR) is 81.2 cm³/mol. The molecule has 1 aromatic rings. The lowest BCUT2D eigenvalue weighted by atomic mass is 9.98. The van der Waals surface area contributed by atoms with E-state index in [4.69, 9.17) is 0 Å². The number of carbonyl (C=O) groups excluding carboxylic acids is 2. The second kappa shape index (κ2) is 6.13. The van der Waals surface area contributed by atoms with Gasteiger partial charge in [0.15, 0.2) is 0 Å². The normalized spacial score (nSPS) is 22.9. The zero-order valence-corrected chi connectivity index (χ0v) is 13.2. The van der Waals surface area contributed by atoms with Gasteiger partial charge in [0.05, 0.1) is 11.6 Å². The van der Waals surface area contributed by atoms with E-state index in [0.717, 1.165) is 43.9 Å². The quantitative estimate of drug-likeness (QED) is 0.855. The van der Waals surface area contributed by atoms with Crippen molar-refractivity contribution < 1.29 is 9.59 Å². The number of hydrogen-bond donors (Lipinski definition) is 0. The number of thiazole rings is 1. The summed E-state index contributed by atoms with van der Waals surface area (Å²) in [6.45, 7) is 4.59. The Hall–Kier alpha value is -1.43. The van der Waals surface area contributed by atoms with Crippen molar-refractivity contribution in [1.82, 2.24) is 14.8 Å². The van der Waals surface area contributed by atoms with Gasteiger partial charge in [-0.15, -0.1) is 11.3 Å². The lowest BCUT2D eigenvalue weighted by molar-refractivity contribution is -0.139. The lowest BCUT2D eigenvalue weighted by Crippen LogP contribution is -2.44. The molecule has 0 aromatic carbocycles. The Balaban J connectivity index is 1.60. The summed E-state index contributed by atoms with van der Waals surface area (Å²) in [5, 5.41) is 1.14. The van der Waals surface area contributed by atoms with Gasteiger partial charge in [0.2, 0.25) is 11.8 Å². The predicted octanol–water partition coefficient (Wildman–Crippen LogP) is 1.78. The third-order valence-electron chi connectivity index (χ3n) is 4.26. The second-order valence-electron chi connectivity index (χ2n) is 5.91.